The van der Waals surface area contributed by atoms with E-state index in [1.165, 1.54) is 0 Å². The molecule has 7 heteroatoms. The van der Waals surface area contributed by atoms with Gasteiger partial charge in [-0.05, 0) is 49.7 Å². The molecule has 0 atom stereocenters. The van der Waals surface area contributed by atoms with E-state index in [9.17, 15) is 14.4 Å². The van der Waals surface area contributed by atoms with Crippen LogP contribution in [-0.2, 0) is 13.1 Å². The van der Waals surface area contributed by atoms with Gasteiger partial charge in [0, 0.05) is 24.2 Å². The number of hydrogen-bond acceptors (Lipinski definition) is 4. The topological polar surface area (TPSA) is 107 Å². The quantitative estimate of drug-likeness (QED) is 0.719. The van der Waals surface area contributed by atoms with E-state index in [2.05, 4.69) is 10.3 Å². The number of benzene rings is 2. The van der Waals surface area contributed by atoms with Crippen LogP contribution >= 0.6 is 0 Å². The van der Waals surface area contributed by atoms with Crippen molar-refractivity contribution in [2.75, 3.05) is 0 Å². The maximum Gasteiger partial charge on any atom is 0.272 e. The first kappa shape index (κ1) is 18.3. The lowest BCUT2D eigenvalue weighted by atomic mass is 10.1. The first-order valence-corrected chi connectivity index (χ1v) is 8.59. The van der Waals surface area contributed by atoms with E-state index >= 15 is 0 Å². The smallest absolute Gasteiger partial charge is 0.272 e. The molecule has 0 bridgehead atoms. The number of aryl methyl sites for hydroxylation is 2. The summed E-state index contributed by atoms with van der Waals surface area (Å²) in [7, 11) is 0. The summed E-state index contributed by atoms with van der Waals surface area (Å²) in [5.41, 5.74) is 8.52. The Bertz CT molecular complexity index is 1080. The standard InChI is InChI=1S/C20H20N4O3/c1-3-24-17-9-8-15(10-16(17)23-12(2)20(24)27)19(26)22-11-13-4-6-14(7-5-13)18(21)25/h4-10H,3,11H2,1-2H3,(H2,21,25)(H,22,26). The third kappa shape index (κ3) is 3.72. The van der Waals surface area contributed by atoms with E-state index in [4.69, 9.17) is 5.73 Å². The first-order chi connectivity index (χ1) is 12.9. The number of nitrogens with zero attached hydrogens (tertiary/aromatic N) is 2. The van der Waals surface area contributed by atoms with Gasteiger partial charge in [0.05, 0.1) is 11.0 Å². The molecule has 3 N–H and O–H groups in total. The van der Waals surface area contributed by atoms with Gasteiger partial charge < -0.3 is 15.6 Å². The van der Waals surface area contributed by atoms with Crippen molar-refractivity contribution in [2.24, 2.45) is 5.73 Å². The minimum Gasteiger partial charge on any atom is -0.366 e. The Hall–Kier alpha value is -3.48. The lowest BCUT2D eigenvalue weighted by Crippen LogP contribution is -2.25. The number of hydrogen-bond donors (Lipinski definition) is 2. The fourth-order valence-corrected chi connectivity index (χ4v) is 2.90. The molecule has 7 nitrogen and oxygen atoms in total. The molecular weight excluding hydrogens is 344 g/mol. The lowest BCUT2D eigenvalue weighted by molar-refractivity contribution is 0.0949. The Morgan fingerprint density at radius 3 is 2.41 bits per heavy atom. The highest BCUT2D eigenvalue weighted by Gasteiger charge is 2.11. The van der Waals surface area contributed by atoms with E-state index in [0.29, 0.717) is 40.9 Å². The van der Waals surface area contributed by atoms with E-state index in [1.54, 1.807) is 54.0 Å². The van der Waals surface area contributed by atoms with Gasteiger partial charge in [0.1, 0.15) is 5.69 Å². The SMILES string of the molecule is CCn1c(=O)c(C)nc2cc(C(=O)NCc3ccc(C(N)=O)cc3)ccc21. The molecule has 0 spiro atoms. The zero-order valence-electron chi connectivity index (χ0n) is 15.2. The summed E-state index contributed by atoms with van der Waals surface area (Å²) in [6, 6.07) is 11.8. The van der Waals surface area contributed by atoms with E-state index in [0.717, 1.165) is 5.56 Å². The molecule has 2 amide bonds. The fourth-order valence-electron chi connectivity index (χ4n) is 2.90. The summed E-state index contributed by atoms with van der Waals surface area (Å²) in [5, 5.41) is 2.83. The predicted molar refractivity (Wildman–Crippen MR) is 103 cm³/mol. The number of nitrogens with two attached hydrogens (primary N) is 1. The molecule has 2 aromatic carbocycles. The van der Waals surface area contributed by atoms with Crippen LogP contribution < -0.4 is 16.6 Å². The van der Waals surface area contributed by atoms with E-state index in [-0.39, 0.29) is 11.5 Å². The van der Waals surface area contributed by atoms with Gasteiger partial charge in [-0.3, -0.25) is 14.4 Å². The summed E-state index contributed by atoms with van der Waals surface area (Å²) in [4.78, 5) is 40.0. The van der Waals surface area contributed by atoms with Crippen LogP contribution in [0, 0.1) is 6.92 Å². The van der Waals surface area contributed by atoms with Crippen LogP contribution in [0.15, 0.2) is 47.3 Å². The van der Waals surface area contributed by atoms with Crippen molar-refractivity contribution in [1.29, 1.82) is 0 Å². The summed E-state index contributed by atoms with van der Waals surface area (Å²) >= 11 is 0. The molecule has 0 aliphatic rings. The minimum absolute atomic E-state index is 0.124. The molecule has 0 aliphatic heterocycles. The average Bonchev–Trinajstić information content (AvgIpc) is 2.67. The van der Waals surface area contributed by atoms with Crippen LogP contribution in [0.2, 0.25) is 0 Å². The highest BCUT2D eigenvalue weighted by Crippen LogP contribution is 2.14. The Labute approximate surface area is 155 Å². The van der Waals surface area contributed by atoms with Crippen molar-refractivity contribution in [3.05, 3.63) is 75.2 Å². The second-order valence-corrected chi connectivity index (χ2v) is 6.19. The minimum atomic E-state index is -0.491. The van der Waals surface area contributed by atoms with Crippen LogP contribution in [0.5, 0.6) is 0 Å². The number of aromatic nitrogens is 2. The van der Waals surface area contributed by atoms with Gasteiger partial charge in [0.15, 0.2) is 0 Å². The number of primary amides is 1. The second kappa shape index (κ2) is 7.41. The van der Waals surface area contributed by atoms with Gasteiger partial charge in [0.25, 0.3) is 11.5 Å². The molecule has 1 aromatic heterocycles. The van der Waals surface area contributed by atoms with Crippen LogP contribution in [0.3, 0.4) is 0 Å². The lowest BCUT2D eigenvalue weighted by Gasteiger charge is -2.10. The van der Waals surface area contributed by atoms with Crippen molar-refractivity contribution in [2.45, 2.75) is 26.9 Å². The molecule has 0 saturated heterocycles. The molecule has 0 aliphatic carbocycles. The van der Waals surface area contributed by atoms with Crippen molar-refractivity contribution in [3.8, 4) is 0 Å². The van der Waals surface area contributed by atoms with Crippen LogP contribution in [0.1, 0.15) is 38.9 Å². The van der Waals surface area contributed by atoms with Gasteiger partial charge in [-0.1, -0.05) is 12.1 Å². The molecule has 1 heterocycles. The number of fused-ring (bicyclic) bond motifs is 1. The summed E-state index contributed by atoms with van der Waals surface area (Å²) in [6.45, 7) is 4.41. The zero-order valence-corrected chi connectivity index (χ0v) is 15.2. The van der Waals surface area contributed by atoms with Crippen LogP contribution in [0.4, 0.5) is 0 Å². The Morgan fingerprint density at radius 1 is 1.11 bits per heavy atom. The molecule has 0 saturated carbocycles. The summed E-state index contributed by atoms with van der Waals surface area (Å²) < 4.78 is 1.64. The fraction of sp³-hybridized carbons (Fsp3) is 0.200. The van der Waals surface area contributed by atoms with Crippen molar-refractivity contribution >= 4 is 22.8 Å². The predicted octanol–water partition coefficient (Wildman–Crippen LogP) is 1.75. The molecule has 27 heavy (non-hydrogen) atoms. The highest BCUT2D eigenvalue weighted by atomic mass is 16.2. The maximum atomic E-state index is 12.5. The summed E-state index contributed by atoms with van der Waals surface area (Å²) in [6.07, 6.45) is 0. The number of amides is 2. The van der Waals surface area contributed by atoms with Crippen LogP contribution in [-0.4, -0.2) is 21.4 Å². The van der Waals surface area contributed by atoms with E-state index < -0.39 is 5.91 Å². The zero-order chi connectivity index (χ0) is 19.6. The average molecular weight is 364 g/mol. The third-order valence-corrected chi connectivity index (χ3v) is 4.38. The largest absolute Gasteiger partial charge is 0.366 e. The number of carbonyl (C=O) groups excluding carboxylic acids is 2. The van der Waals surface area contributed by atoms with Crippen molar-refractivity contribution in [1.82, 2.24) is 14.9 Å². The van der Waals surface area contributed by atoms with Gasteiger partial charge in [-0.2, -0.15) is 0 Å². The van der Waals surface area contributed by atoms with Gasteiger partial charge in [-0.15, -0.1) is 0 Å². The number of rotatable bonds is 5. The Balaban J connectivity index is 1.80. The normalized spacial score (nSPS) is 10.7. The van der Waals surface area contributed by atoms with Gasteiger partial charge in [0.2, 0.25) is 5.91 Å². The van der Waals surface area contributed by atoms with Crippen molar-refractivity contribution < 1.29 is 9.59 Å². The molecule has 3 aromatic rings. The molecule has 0 radical (unpaired) electrons. The Kier molecular flexibility index (Phi) is 5.03. The number of carbonyl (C=O) groups is 2. The van der Waals surface area contributed by atoms with Crippen LogP contribution in [0.25, 0.3) is 11.0 Å². The number of nitrogens with one attached hydrogen (secondary N) is 1. The van der Waals surface area contributed by atoms with Gasteiger partial charge >= 0.3 is 0 Å². The third-order valence-electron chi connectivity index (χ3n) is 4.38. The second-order valence-electron chi connectivity index (χ2n) is 6.19. The Morgan fingerprint density at radius 2 is 1.78 bits per heavy atom. The molecule has 3 rings (SSSR count). The highest BCUT2D eigenvalue weighted by molar-refractivity contribution is 5.97. The van der Waals surface area contributed by atoms with E-state index in [1.807, 2.05) is 6.92 Å². The molecule has 0 fully saturated rings. The maximum absolute atomic E-state index is 12.5. The molecular formula is C20H20N4O3. The first-order valence-electron chi connectivity index (χ1n) is 8.59. The molecule has 0 unspecified atom stereocenters. The summed E-state index contributed by atoms with van der Waals surface area (Å²) in [5.74, 6) is -0.736. The molecule has 138 valence electrons. The van der Waals surface area contributed by atoms with Gasteiger partial charge in [-0.25, -0.2) is 4.98 Å². The van der Waals surface area contributed by atoms with Crippen molar-refractivity contribution in [3.63, 3.8) is 0 Å². The monoisotopic (exact) mass is 364 g/mol.